The quantitative estimate of drug-likeness (QED) is 0.221. The molecule has 10 nitrogen and oxygen atoms in total. The highest BCUT2D eigenvalue weighted by molar-refractivity contribution is 8.02. The van der Waals surface area contributed by atoms with E-state index < -0.39 is 27.5 Å². The maximum Gasteiger partial charge on any atom is 0.335 e. The summed E-state index contributed by atoms with van der Waals surface area (Å²) < 4.78 is 46.7. The lowest BCUT2D eigenvalue weighted by Crippen LogP contribution is -2.40. The van der Waals surface area contributed by atoms with E-state index in [9.17, 15) is 18.0 Å². The Kier molecular flexibility index (Phi) is 11.0. The number of carbonyl (C=O) groups is 2. The van der Waals surface area contributed by atoms with Crippen LogP contribution in [0.1, 0.15) is 53.3 Å². The number of hydrogen-bond donors (Lipinski definition) is 0. The largest absolute Gasteiger partial charge is 0.493 e. The molecule has 0 radical (unpaired) electrons. The molecule has 246 valence electrons. The first kappa shape index (κ1) is 34.3. The molecular weight excluding hydrogens is 673 g/mol. The first-order chi connectivity index (χ1) is 22.0. The smallest absolute Gasteiger partial charge is 0.335 e. The number of sulfonamides is 1. The van der Waals surface area contributed by atoms with Gasteiger partial charge >= 0.3 is 5.97 Å². The average molecular weight is 709 g/mol. The Morgan fingerprint density at radius 2 is 1.78 bits per heavy atom. The minimum absolute atomic E-state index is 0.0504. The van der Waals surface area contributed by atoms with E-state index in [0.29, 0.717) is 38.4 Å². The molecule has 1 saturated heterocycles. The van der Waals surface area contributed by atoms with Crippen LogP contribution in [0, 0.1) is 0 Å². The molecule has 2 unspecified atom stereocenters. The second-order valence-corrected chi connectivity index (χ2v) is 15.1. The summed E-state index contributed by atoms with van der Waals surface area (Å²) in [5.74, 6) is 0.359. The van der Waals surface area contributed by atoms with Crippen LogP contribution in [0.4, 0.5) is 0 Å². The topological polar surface area (TPSA) is 115 Å². The van der Waals surface area contributed by atoms with Gasteiger partial charge in [-0.2, -0.15) is 4.31 Å². The third kappa shape index (κ3) is 7.57. The highest BCUT2D eigenvalue weighted by atomic mass is 35.5. The second-order valence-electron chi connectivity index (χ2n) is 11.2. The molecular formula is C32H35Cl2N3O7S2. The molecule has 3 aromatic rings. The Hall–Kier alpha value is -3.03. The van der Waals surface area contributed by atoms with Gasteiger partial charge in [0.25, 0.3) is 5.91 Å². The maximum atomic E-state index is 13.9. The fourth-order valence-electron chi connectivity index (χ4n) is 5.49. The van der Waals surface area contributed by atoms with Crippen molar-refractivity contribution < 1.29 is 32.2 Å². The van der Waals surface area contributed by atoms with Crippen LogP contribution in [0.5, 0.6) is 11.5 Å². The number of rotatable bonds is 11. The first-order valence-corrected chi connectivity index (χ1v) is 18.0. The fraction of sp³-hybridized carbons (Fsp3) is 0.406. The monoisotopic (exact) mass is 707 g/mol. The SMILES string of the molecule is COc1ccc(C(Cc2c(Cl)cncc2Cl)OC(=O)C2SCCN2S(=O)(=O)c2cccc(C(=O)N(C)C)c2)cc1OC1CCCC1. The Balaban J connectivity index is 1.45. The van der Waals surface area contributed by atoms with Crippen LogP contribution in [-0.2, 0) is 26.0 Å². The van der Waals surface area contributed by atoms with Gasteiger partial charge in [-0.25, -0.2) is 13.2 Å². The number of benzene rings is 2. The minimum Gasteiger partial charge on any atom is -0.493 e. The highest BCUT2D eigenvalue weighted by Gasteiger charge is 2.42. The summed E-state index contributed by atoms with van der Waals surface area (Å²) in [7, 11) is 0.567. The zero-order valence-electron chi connectivity index (χ0n) is 25.6. The molecule has 0 bridgehead atoms. The number of methoxy groups -OCH3 is 1. The lowest BCUT2D eigenvalue weighted by atomic mass is 10.0. The van der Waals surface area contributed by atoms with Crippen LogP contribution in [0.15, 0.2) is 59.8 Å². The molecule has 46 heavy (non-hydrogen) atoms. The second kappa shape index (κ2) is 14.8. The van der Waals surface area contributed by atoms with E-state index in [1.54, 1.807) is 45.5 Å². The number of amides is 1. The van der Waals surface area contributed by atoms with Gasteiger partial charge in [-0.3, -0.25) is 9.78 Å². The van der Waals surface area contributed by atoms with Gasteiger partial charge in [-0.15, -0.1) is 11.8 Å². The van der Waals surface area contributed by atoms with Gasteiger partial charge in [0.1, 0.15) is 6.10 Å². The van der Waals surface area contributed by atoms with E-state index in [2.05, 4.69) is 4.98 Å². The normalized spacial score (nSPS) is 17.9. The van der Waals surface area contributed by atoms with Crippen molar-refractivity contribution in [3.8, 4) is 11.5 Å². The Morgan fingerprint density at radius 1 is 1.07 bits per heavy atom. The highest BCUT2D eigenvalue weighted by Crippen LogP contribution is 2.39. The summed E-state index contributed by atoms with van der Waals surface area (Å²) in [6.07, 6.45) is 6.19. The van der Waals surface area contributed by atoms with Gasteiger partial charge in [0.15, 0.2) is 16.9 Å². The molecule has 0 spiro atoms. The van der Waals surface area contributed by atoms with Gasteiger partial charge in [0.2, 0.25) is 10.0 Å². The van der Waals surface area contributed by atoms with E-state index in [-0.39, 0.29) is 35.4 Å². The summed E-state index contributed by atoms with van der Waals surface area (Å²) in [6, 6.07) is 11.1. The predicted molar refractivity (Wildman–Crippen MR) is 177 cm³/mol. The number of nitrogens with zero attached hydrogens (tertiary/aromatic N) is 3. The molecule has 5 rings (SSSR count). The van der Waals surface area contributed by atoms with Crippen molar-refractivity contribution in [2.24, 2.45) is 0 Å². The molecule has 2 atom stereocenters. The third-order valence-corrected chi connectivity index (χ3v) is 11.7. The standard InChI is InChI=1S/C32H35Cl2N3O7S2/c1-36(2)30(38)21-7-6-10-23(15-21)46(40,41)37-13-14-45-31(37)32(39)44-28(17-24-25(33)18-35-19-26(24)34)20-11-12-27(42-3)29(16-20)43-22-8-4-5-9-22/h6-7,10-12,15-16,18-19,22,28,31H,4-5,8-9,13-14,17H2,1-3H3. The van der Waals surface area contributed by atoms with Crippen LogP contribution in [0.2, 0.25) is 10.0 Å². The van der Waals surface area contributed by atoms with Gasteiger partial charge in [-0.1, -0.05) is 35.3 Å². The molecule has 2 aromatic carbocycles. The maximum absolute atomic E-state index is 13.9. The molecule has 2 fully saturated rings. The molecule has 1 aliphatic heterocycles. The van der Waals surface area contributed by atoms with E-state index in [0.717, 1.165) is 30.0 Å². The third-order valence-electron chi connectivity index (χ3n) is 7.90. The van der Waals surface area contributed by atoms with Crippen molar-refractivity contribution in [2.45, 2.75) is 54.6 Å². The molecule has 0 N–H and O–H groups in total. The van der Waals surface area contributed by atoms with Crippen molar-refractivity contribution in [3.63, 3.8) is 0 Å². The first-order valence-electron chi connectivity index (χ1n) is 14.8. The van der Waals surface area contributed by atoms with Crippen LogP contribution in [0.3, 0.4) is 0 Å². The number of pyridine rings is 1. The van der Waals surface area contributed by atoms with Gasteiger partial charge in [-0.05, 0) is 67.1 Å². The fourth-order valence-corrected chi connectivity index (χ4v) is 9.10. The van der Waals surface area contributed by atoms with E-state index in [1.807, 2.05) is 0 Å². The minimum atomic E-state index is -4.16. The number of carbonyl (C=O) groups excluding carboxylic acids is 2. The van der Waals surface area contributed by atoms with Crippen molar-refractivity contribution >= 4 is 56.9 Å². The van der Waals surface area contributed by atoms with Crippen LogP contribution >= 0.6 is 35.0 Å². The summed E-state index contributed by atoms with van der Waals surface area (Å²) >= 11 is 14.1. The van der Waals surface area contributed by atoms with Crippen molar-refractivity contribution in [3.05, 3.63) is 81.6 Å². The lowest BCUT2D eigenvalue weighted by molar-refractivity contribution is -0.150. The van der Waals surface area contributed by atoms with Gasteiger partial charge in [0, 0.05) is 50.8 Å². The van der Waals surface area contributed by atoms with Gasteiger partial charge < -0.3 is 19.1 Å². The summed E-state index contributed by atoms with van der Waals surface area (Å²) in [4.78, 5) is 31.7. The lowest BCUT2D eigenvalue weighted by Gasteiger charge is -2.26. The van der Waals surface area contributed by atoms with E-state index in [4.69, 9.17) is 37.4 Å². The predicted octanol–water partition coefficient (Wildman–Crippen LogP) is 6.01. The van der Waals surface area contributed by atoms with Crippen LogP contribution in [-0.4, -0.2) is 79.5 Å². The number of esters is 1. The van der Waals surface area contributed by atoms with Crippen molar-refractivity contribution in [1.29, 1.82) is 0 Å². The molecule has 1 aliphatic carbocycles. The van der Waals surface area contributed by atoms with E-state index >= 15 is 0 Å². The number of halogens is 2. The molecule has 1 saturated carbocycles. The zero-order chi connectivity index (χ0) is 33.0. The molecule has 2 heterocycles. The van der Waals surface area contributed by atoms with Crippen molar-refractivity contribution in [2.75, 3.05) is 33.5 Å². The van der Waals surface area contributed by atoms with Crippen LogP contribution in [0.25, 0.3) is 0 Å². The number of ether oxygens (including phenoxy) is 3. The number of thioether (sulfide) groups is 1. The molecule has 1 amide bonds. The Labute approximate surface area is 283 Å². The summed E-state index contributed by atoms with van der Waals surface area (Å²) in [5, 5.41) is -0.552. The number of hydrogen-bond acceptors (Lipinski definition) is 9. The average Bonchev–Trinajstić information content (AvgIpc) is 3.75. The van der Waals surface area contributed by atoms with Crippen molar-refractivity contribution in [1.82, 2.24) is 14.2 Å². The molecule has 2 aliphatic rings. The summed E-state index contributed by atoms with van der Waals surface area (Å²) in [5.41, 5.74) is 1.34. The van der Waals surface area contributed by atoms with Gasteiger partial charge in [0.05, 0.1) is 28.2 Å². The zero-order valence-corrected chi connectivity index (χ0v) is 28.8. The number of aromatic nitrogens is 1. The molecule has 1 aromatic heterocycles. The molecule has 14 heteroatoms. The Morgan fingerprint density at radius 3 is 2.46 bits per heavy atom. The van der Waals surface area contributed by atoms with Crippen LogP contribution < -0.4 is 9.47 Å². The Bertz CT molecular complexity index is 1680. The van der Waals surface area contributed by atoms with E-state index in [1.165, 1.54) is 47.3 Å². The summed E-state index contributed by atoms with van der Waals surface area (Å²) in [6.45, 7) is 0.0905.